The summed E-state index contributed by atoms with van der Waals surface area (Å²) in [6.07, 6.45) is 3.23. The molecule has 0 aliphatic rings. The summed E-state index contributed by atoms with van der Waals surface area (Å²) in [6.45, 7) is 2.34. The summed E-state index contributed by atoms with van der Waals surface area (Å²) in [5.74, 6) is 0.0872. The van der Waals surface area contributed by atoms with Crippen molar-refractivity contribution in [3.8, 4) is 11.8 Å². The summed E-state index contributed by atoms with van der Waals surface area (Å²) in [5.41, 5.74) is 0.715. The molecule has 0 saturated carbocycles. The van der Waals surface area contributed by atoms with Crippen LogP contribution in [-0.2, 0) is 9.53 Å². The van der Waals surface area contributed by atoms with Crippen molar-refractivity contribution in [1.82, 2.24) is 0 Å². The molecule has 0 amide bonds. The average molecular weight is 259 g/mol. The zero-order chi connectivity index (χ0) is 14.1. The Morgan fingerprint density at radius 3 is 2.89 bits per heavy atom. The molecule has 100 valence electrons. The van der Waals surface area contributed by atoms with Crippen molar-refractivity contribution < 1.29 is 14.3 Å². The van der Waals surface area contributed by atoms with Gasteiger partial charge in [-0.25, -0.2) is 4.79 Å². The molecule has 4 heteroatoms. The second-order valence-corrected chi connectivity index (χ2v) is 3.94. The van der Waals surface area contributed by atoms with Crippen LogP contribution >= 0.6 is 0 Å². The Bertz CT molecular complexity index is 500. The maximum Gasteiger partial charge on any atom is 0.348 e. The molecule has 4 nitrogen and oxygen atoms in total. The standard InChI is InChI=1S/C15H17NO3/c1-3-4-8-19-15(17)13(11-16)9-12-6-5-7-14(10-12)18-2/h5-7,9-10H,3-4,8H2,1-2H3/b13-9+. The lowest BCUT2D eigenvalue weighted by Gasteiger charge is -2.03. The molecule has 0 atom stereocenters. The van der Waals surface area contributed by atoms with E-state index in [1.807, 2.05) is 13.0 Å². The number of rotatable bonds is 6. The van der Waals surface area contributed by atoms with Crippen LogP contribution in [0, 0.1) is 11.3 Å². The van der Waals surface area contributed by atoms with Crippen LogP contribution in [0.15, 0.2) is 29.8 Å². The van der Waals surface area contributed by atoms with E-state index in [9.17, 15) is 4.79 Å². The highest BCUT2D eigenvalue weighted by atomic mass is 16.5. The Morgan fingerprint density at radius 2 is 2.26 bits per heavy atom. The van der Waals surface area contributed by atoms with Crippen LogP contribution in [0.25, 0.3) is 6.08 Å². The third-order valence-electron chi connectivity index (χ3n) is 2.48. The van der Waals surface area contributed by atoms with E-state index in [1.54, 1.807) is 31.4 Å². The topological polar surface area (TPSA) is 59.3 Å². The summed E-state index contributed by atoms with van der Waals surface area (Å²) >= 11 is 0. The van der Waals surface area contributed by atoms with Crippen molar-refractivity contribution in [1.29, 1.82) is 5.26 Å². The third-order valence-corrected chi connectivity index (χ3v) is 2.48. The average Bonchev–Trinajstić information content (AvgIpc) is 2.45. The molecule has 0 spiro atoms. The highest BCUT2D eigenvalue weighted by Gasteiger charge is 2.10. The fraction of sp³-hybridized carbons (Fsp3) is 0.333. The predicted molar refractivity (Wildman–Crippen MR) is 72.5 cm³/mol. The summed E-state index contributed by atoms with van der Waals surface area (Å²) < 4.78 is 10.1. The van der Waals surface area contributed by atoms with Gasteiger partial charge >= 0.3 is 5.97 Å². The molecule has 1 aromatic rings. The van der Waals surface area contributed by atoms with Crippen LogP contribution in [0.3, 0.4) is 0 Å². The number of esters is 1. The second-order valence-electron chi connectivity index (χ2n) is 3.94. The van der Waals surface area contributed by atoms with Crippen LogP contribution in [0.2, 0.25) is 0 Å². The number of unbranched alkanes of at least 4 members (excludes halogenated alkanes) is 1. The van der Waals surface area contributed by atoms with E-state index in [1.165, 1.54) is 6.08 Å². The molecular weight excluding hydrogens is 242 g/mol. The Hall–Kier alpha value is -2.28. The van der Waals surface area contributed by atoms with E-state index in [0.29, 0.717) is 12.4 Å². The Kier molecular flexibility index (Phi) is 6.17. The maximum absolute atomic E-state index is 11.7. The summed E-state index contributed by atoms with van der Waals surface area (Å²) in [7, 11) is 1.56. The number of nitrogens with zero attached hydrogens (tertiary/aromatic N) is 1. The van der Waals surface area contributed by atoms with Gasteiger partial charge in [-0.05, 0) is 30.2 Å². The first-order valence-corrected chi connectivity index (χ1v) is 6.14. The quantitative estimate of drug-likeness (QED) is 0.341. The Labute approximate surface area is 113 Å². The van der Waals surface area contributed by atoms with E-state index < -0.39 is 5.97 Å². The van der Waals surface area contributed by atoms with Crippen LogP contribution in [0.5, 0.6) is 5.75 Å². The van der Waals surface area contributed by atoms with E-state index in [4.69, 9.17) is 14.7 Å². The molecule has 0 aliphatic carbocycles. The molecular formula is C15H17NO3. The van der Waals surface area contributed by atoms with Gasteiger partial charge < -0.3 is 9.47 Å². The lowest BCUT2D eigenvalue weighted by molar-refractivity contribution is -0.138. The number of nitriles is 1. The first kappa shape index (κ1) is 14.8. The second kappa shape index (κ2) is 7.93. The minimum Gasteiger partial charge on any atom is -0.497 e. The van der Waals surface area contributed by atoms with Crippen molar-refractivity contribution in [2.45, 2.75) is 19.8 Å². The SMILES string of the molecule is CCCCOC(=O)/C(C#N)=C/c1cccc(OC)c1. The van der Waals surface area contributed by atoms with E-state index in [0.717, 1.165) is 18.4 Å². The monoisotopic (exact) mass is 259 g/mol. The van der Waals surface area contributed by atoms with Gasteiger partial charge in [-0.1, -0.05) is 25.5 Å². The van der Waals surface area contributed by atoms with Gasteiger partial charge in [-0.3, -0.25) is 0 Å². The number of ether oxygens (including phenoxy) is 2. The molecule has 1 rings (SSSR count). The maximum atomic E-state index is 11.7. The smallest absolute Gasteiger partial charge is 0.348 e. The van der Waals surface area contributed by atoms with Crippen molar-refractivity contribution in [2.75, 3.05) is 13.7 Å². The van der Waals surface area contributed by atoms with E-state index in [-0.39, 0.29) is 5.57 Å². The molecule has 0 fully saturated rings. The molecule has 0 aromatic heterocycles. The molecule has 19 heavy (non-hydrogen) atoms. The highest BCUT2D eigenvalue weighted by molar-refractivity contribution is 5.97. The molecule has 0 N–H and O–H groups in total. The Morgan fingerprint density at radius 1 is 1.47 bits per heavy atom. The number of carbonyl (C=O) groups excluding carboxylic acids is 1. The molecule has 0 unspecified atom stereocenters. The lowest BCUT2D eigenvalue weighted by Crippen LogP contribution is -2.07. The molecule has 0 radical (unpaired) electrons. The van der Waals surface area contributed by atoms with Crippen molar-refractivity contribution in [2.24, 2.45) is 0 Å². The Balaban J connectivity index is 2.80. The minimum atomic E-state index is -0.584. The normalized spacial score (nSPS) is 10.7. The van der Waals surface area contributed by atoms with Gasteiger partial charge in [-0.2, -0.15) is 5.26 Å². The number of carbonyl (C=O) groups is 1. The zero-order valence-electron chi connectivity index (χ0n) is 11.2. The fourth-order valence-corrected chi connectivity index (χ4v) is 1.42. The summed E-state index contributed by atoms with van der Waals surface area (Å²) in [4.78, 5) is 11.7. The van der Waals surface area contributed by atoms with Gasteiger partial charge in [0.25, 0.3) is 0 Å². The van der Waals surface area contributed by atoms with Crippen LogP contribution in [0.4, 0.5) is 0 Å². The summed E-state index contributed by atoms with van der Waals surface area (Å²) in [5, 5.41) is 8.99. The van der Waals surface area contributed by atoms with Gasteiger partial charge in [0.05, 0.1) is 13.7 Å². The van der Waals surface area contributed by atoms with Gasteiger partial charge in [0.15, 0.2) is 0 Å². The van der Waals surface area contributed by atoms with Crippen LogP contribution < -0.4 is 4.74 Å². The molecule has 0 bridgehead atoms. The van der Waals surface area contributed by atoms with Crippen molar-refractivity contribution in [3.63, 3.8) is 0 Å². The first-order chi connectivity index (χ1) is 9.21. The number of methoxy groups -OCH3 is 1. The van der Waals surface area contributed by atoms with Crippen LogP contribution in [0.1, 0.15) is 25.3 Å². The molecule has 0 heterocycles. The third kappa shape index (κ3) is 4.84. The number of hydrogen-bond donors (Lipinski definition) is 0. The van der Waals surface area contributed by atoms with Gasteiger partial charge in [0.2, 0.25) is 0 Å². The van der Waals surface area contributed by atoms with Crippen molar-refractivity contribution in [3.05, 3.63) is 35.4 Å². The molecule has 1 aromatic carbocycles. The zero-order valence-corrected chi connectivity index (χ0v) is 11.2. The lowest BCUT2D eigenvalue weighted by atomic mass is 10.1. The van der Waals surface area contributed by atoms with Crippen LogP contribution in [-0.4, -0.2) is 19.7 Å². The minimum absolute atomic E-state index is 0.00986. The van der Waals surface area contributed by atoms with E-state index in [2.05, 4.69) is 0 Å². The highest BCUT2D eigenvalue weighted by Crippen LogP contribution is 2.15. The van der Waals surface area contributed by atoms with E-state index >= 15 is 0 Å². The van der Waals surface area contributed by atoms with Gasteiger partial charge in [0, 0.05) is 0 Å². The predicted octanol–water partition coefficient (Wildman–Crippen LogP) is 2.95. The number of benzene rings is 1. The molecule has 0 aliphatic heterocycles. The van der Waals surface area contributed by atoms with Gasteiger partial charge in [-0.15, -0.1) is 0 Å². The largest absolute Gasteiger partial charge is 0.497 e. The fourth-order valence-electron chi connectivity index (χ4n) is 1.42. The summed E-state index contributed by atoms with van der Waals surface area (Å²) in [6, 6.07) is 8.99. The number of hydrogen-bond acceptors (Lipinski definition) is 4. The van der Waals surface area contributed by atoms with Crippen molar-refractivity contribution >= 4 is 12.0 Å². The first-order valence-electron chi connectivity index (χ1n) is 6.14. The molecule has 0 saturated heterocycles. The van der Waals surface area contributed by atoms with Gasteiger partial charge in [0.1, 0.15) is 17.4 Å².